The Morgan fingerprint density at radius 1 is 0.875 bits per heavy atom. The summed E-state index contributed by atoms with van der Waals surface area (Å²) in [5, 5.41) is 2.42. The maximum absolute atomic E-state index is 13.2. The van der Waals surface area contributed by atoms with Crippen molar-refractivity contribution in [2.75, 3.05) is 10.0 Å². The molecule has 3 rings (SSSR count). The monoisotopic (exact) mass is 460 g/mol. The van der Waals surface area contributed by atoms with Gasteiger partial charge in [0.1, 0.15) is 11.6 Å². The second-order valence-corrected chi connectivity index (χ2v) is 8.37. The number of rotatable bonds is 7. The number of benzene rings is 3. The number of hydrogen-bond donors (Lipinski definition) is 2. The molecule has 0 fully saturated rings. The van der Waals surface area contributed by atoms with Gasteiger partial charge in [-0.15, -0.1) is 0 Å². The standard InChI is InChI=1S/C22H18F2N2O5S/c1-14(21(27)25-19-6-3-5-17(24)13-19)31-22(28)15-4-2-7-20(12-15)32(29,30)26-18-10-8-16(23)9-11-18/h2-14,26H,1H3,(H,25,27). The molecule has 1 atom stereocenters. The summed E-state index contributed by atoms with van der Waals surface area (Å²) in [4.78, 5) is 24.4. The van der Waals surface area contributed by atoms with Gasteiger partial charge in [0.2, 0.25) is 0 Å². The van der Waals surface area contributed by atoms with Crippen LogP contribution in [0.15, 0.2) is 77.7 Å². The van der Waals surface area contributed by atoms with Crippen LogP contribution in [0.3, 0.4) is 0 Å². The number of hydrogen-bond acceptors (Lipinski definition) is 5. The smallest absolute Gasteiger partial charge is 0.338 e. The maximum atomic E-state index is 13.2. The summed E-state index contributed by atoms with van der Waals surface area (Å²) in [7, 11) is -4.07. The molecule has 0 aromatic heterocycles. The van der Waals surface area contributed by atoms with E-state index in [-0.39, 0.29) is 21.8 Å². The van der Waals surface area contributed by atoms with E-state index in [1.165, 1.54) is 55.5 Å². The van der Waals surface area contributed by atoms with Crippen molar-refractivity contribution < 1.29 is 31.5 Å². The summed E-state index contributed by atoms with van der Waals surface area (Å²) in [5.74, 6) is -2.68. The van der Waals surface area contributed by atoms with Gasteiger partial charge in [-0.05, 0) is 67.6 Å². The van der Waals surface area contributed by atoms with Crippen molar-refractivity contribution in [3.05, 3.63) is 90.0 Å². The van der Waals surface area contributed by atoms with Crippen LogP contribution in [0, 0.1) is 11.6 Å². The lowest BCUT2D eigenvalue weighted by molar-refractivity contribution is -0.123. The van der Waals surface area contributed by atoms with Gasteiger partial charge < -0.3 is 10.1 Å². The van der Waals surface area contributed by atoms with Gasteiger partial charge in [-0.3, -0.25) is 9.52 Å². The van der Waals surface area contributed by atoms with Gasteiger partial charge in [-0.25, -0.2) is 22.0 Å². The summed E-state index contributed by atoms with van der Waals surface area (Å²) in [5.41, 5.74) is 0.234. The summed E-state index contributed by atoms with van der Waals surface area (Å²) < 4.78 is 58.8. The average Bonchev–Trinajstić information content (AvgIpc) is 2.75. The van der Waals surface area contributed by atoms with Crippen molar-refractivity contribution in [3.8, 4) is 0 Å². The Morgan fingerprint density at radius 2 is 1.56 bits per heavy atom. The van der Waals surface area contributed by atoms with Crippen molar-refractivity contribution in [2.45, 2.75) is 17.9 Å². The lowest BCUT2D eigenvalue weighted by atomic mass is 10.2. The van der Waals surface area contributed by atoms with Crippen LogP contribution in [0.25, 0.3) is 0 Å². The molecule has 1 amide bonds. The highest BCUT2D eigenvalue weighted by Gasteiger charge is 2.21. The Bertz CT molecular complexity index is 1250. The largest absolute Gasteiger partial charge is 0.449 e. The minimum absolute atomic E-state index is 0.0996. The zero-order valence-corrected chi connectivity index (χ0v) is 17.5. The Labute approximate surface area is 183 Å². The van der Waals surface area contributed by atoms with E-state index in [0.717, 1.165) is 24.3 Å². The van der Waals surface area contributed by atoms with Crippen LogP contribution in [0.4, 0.5) is 20.2 Å². The lowest BCUT2D eigenvalue weighted by Gasteiger charge is -2.14. The van der Waals surface area contributed by atoms with E-state index < -0.39 is 39.6 Å². The highest BCUT2D eigenvalue weighted by Crippen LogP contribution is 2.18. The third-order valence-electron chi connectivity index (χ3n) is 4.22. The van der Waals surface area contributed by atoms with Crippen molar-refractivity contribution in [3.63, 3.8) is 0 Å². The molecule has 3 aromatic carbocycles. The molecule has 0 spiro atoms. The topological polar surface area (TPSA) is 102 Å². The summed E-state index contributed by atoms with van der Waals surface area (Å²) in [6.07, 6.45) is -1.23. The fraction of sp³-hybridized carbons (Fsp3) is 0.0909. The zero-order chi connectivity index (χ0) is 23.3. The fourth-order valence-electron chi connectivity index (χ4n) is 2.61. The van der Waals surface area contributed by atoms with Gasteiger partial charge in [0.05, 0.1) is 10.5 Å². The van der Waals surface area contributed by atoms with E-state index in [9.17, 15) is 26.8 Å². The Kier molecular flexibility index (Phi) is 6.84. The van der Waals surface area contributed by atoms with Crippen LogP contribution in [0.1, 0.15) is 17.3 Å². The van der Waals surface area contributed by atoms with E-state index in [1.807, 2.05) is 0 Å². The van der Waals surface area contributed by atoms with Gasteiger partial charge in [0.25, 0.3) is 15.9 Å². The minimum atomic E-state index is -4.07. The molecule has 1 unspecified atom stereocenters. The molecule has 0 heterocycles. The second-order valence-electron chi connectivity index (χ2n) is 6.69. The number of amides is 1. The van der Waals surface area contributed by atoms with E-state index in [1.54, 1.807) is 0 Å². The second kappa shape index (κ2) is 9.56. The highest BCUT2D eigenvalue weighted by atomic mass is 32.2. The number of carbonyl (C=O) groups is 2. The first-order chi connectivity index (χ1) is 15.1. The predicted octanol–water partition coefficient (Wildman–Crippen LogP) is 3.95. The van der Waals surface area contributed by atoms with E-state index >= 15 is 0 Å². The summed E-state index contributed by atoms with van der Waals surface area (Å²) in [6.45, 7) is 1.32. The van der Waals surface area contributed by atoms with Crippen LogP contribution in [-0.4, -0.2) is 26.4 Å². The molecular formula is C22H18F2N2O5S. The van der Waals surface area contributed by atoms with E-state index in [0.29, 0.717) is 0 Å². The molecule has 2 N–H and O–H groups in total. The van der Waals surface area contributed by atoms with Crippen molar-refractivity contribution in [1.82, 2.24) is 0 Å². The van der Waals surface area contributed by atoms with E-state index in [4.69, 9.17) is 4.74 Å². The number of anilines is 2. The van der Waals surface area contributed by atoms with Crippen molar-refractivity contribution in [2.24, 2.45) is 0 Å². The van der Waals surface area contributed by atoms with Crippen LogP contribution in [-0.2, 0) is 19.6 Å². The molecule has 7 nitrogen and oxygen atoms in total. The van der Waals surface area contributed by atoms with Crippen LogP contribution < -0.4 is 10.0 Å². The molecule has 0 bridgehead atoms. The van der Waals surface area contributed by atoms with Gasteiger partial charge in [0, 0.05) is 11.4 Å². The number of halogens is 2. The van der Waals surface area contributed by atoms with Gasteiger partial charge in [-0.2, -0.15) is 0 Å². The number of ether oxygens (including phenoxy) is 1. The third kappa shape index (κ3) is 5.88. The maximum Gasteiger partial charge on any atom is 0.338 e. The molecule has 0 radical (unpaired) electrons. The summed E-state index contributed by atoms with van der Waals surface area (Å²) in [6, 6.07) is 14.9. The first-order valence-electron chi connectivity index (χ1n) is 9.30. The molecule has 0 aliphatic heterocycles. The Morgan fingerprint density at radius 3 is 2.25 bits per heavy atom. The Hall–Kier alpha value is -3.79. The van der Waals surface area contributed by atoms with Gasteiger partial charge >= 0.3 is 5.97 Å². The average molecular weight is 460 g/mol. The molecule has 0 saturated heterocycles. The molecular weight excluding hydrogens is 442 g/mol. The van der Waals surface area contributed by atoms with Crippen LogP contribution in [0.5, 0.6) is 0 Å². The molecule has 32 heavy (non-hydrogen) atoms. The molecule has 0 aliphatic carbocycles. The number of esters is 1. The zero-order valence-electron chi connectivity index (χ0n) is 16.7. The van der Waals surface area contributed by atoms with Gasteiger partial charge in [-0.1, -0.05) is 12.1 Å². The predicted molar refractivity (Wildman–Crippen MR) is 114 cm³/mol. The quantitative estimate of drug-likeness (QED) is 0.520. The molecule has 3 aromatic rings. The number of carbonyl (C=O) groups excluding carboxylic acids is 2. The Balaban J connectivity index is 1.69. The van der Waals surface area contributed by atoms with Crippen LogP contribution >= 0.6 is 0 Å². The van der Waals surface area contributed by atoms with Crippen LogP contribution in [0.2, 0.25) is 0 Å². The normalized spacial score (nSPS) is 12.0. The fourth-order valence-corrected chi connectivity index (χ4v) is 3.72. The highest BCUT2D eigenvalue weighted by molar-refractivity contribution is 7.92. The van der Waals surface area contributed by atoms with Gasteiger partial charge in [0.15, 0.2) is 6.10 Å². The molecule has 0 saturated carbocycles. The first-order valence-corrected chi connectivity index (χ1v) is 10.8. The first kappa shape index (κ1) is 22.9. The molecule has 10 heteroatoms. The molecule has 166 valence electrons. The lowest BCUT2D eigenvalue weighted by Crippen LogP contribution is -2.30. The minimum Gasteiger partial charge on any atom is -0.449 e. The SMILES string of the molecule is CC(OC(=O)c1cccc(S(=O)(=O)Nc2ccc(F)cc2)c1)C(=O)Nc1cccc(F)c1. The van der Waals surface area contributed by atoms with E-state index in [2.05, 4.69) is 10.0 Å². The van der Waals surface area contributed by atoms with Crippen molar-refractivity contribution >= 4 is 33.3 Å². The van der Waals surface area contributed by atoms with Crippen molar-refractivity contribution in [1.29, 1.82) is 0 Å². The number of sulfonamides is 1. The third-order valence-corrected chi connectivity index (χ3v) is 5.60. The number of nitrogens with one attached hydrogen (secondary N) is 2. The summed E-state index contributed by atoms with van der Waals surface area (Å²) >= 11 is 0. The molecule has 0 aliphatic rings.